The topological polar surface area (TPSA) is 41.9 Å². The van der Waals surface area contributed by atoms with E-state index in [0.717, 1.165) is 5.56 Å². The first-order valence-electron chi connectivity index (χ1n) is 6.07. The molecule has 7 heteroatoms. The SMILES string of the molecule is Fc1ccc(CNC(=S)NCCn2cc(Cl)cn2)cc1. The van der Waals surface area contributed by atoms with Gasteiger partial charge in [-0.3, -0.25) is 4.68 Å². The molecule has 0 aliphatic heterocycles. The third-order valence-electron chi connectivity index (χ3n) is 2.59. The van der Waals surface area contributed by atoms with Gasteiger partial charge in [0, 0.05) is 19.3 Å². The van der Waals surface area contributed by atoms with E-state index in [9.17, 15) is 4.39 Å². The van der Waals surface area contributed by atoms with Crippen molar-refractivity contribution >= 4 is 28.9 Å². The van der Waals surface area contributed by atoms with Gasteiger partial charge in [-0.25, -0.2) is 4.39 Å². The van der Waals surface area contributed by atoms with Crippen LogP contribution in [0, 0.1) is 5.82 Å². The Hall–Kier alpha value is -1.66. The maximum atomic E-state index is 12.7. The van der Waals surface area contributed by atoms with Gasteiger partial charge in [0.25, 0.3) is 0 Å². The molecule has 4 nitrogen and oxygen atoms in total. The number of nitrogens with zero attached hydrogens (tertiary/aromatic N) is 2. The molecule has 20 heavy (non-hydrogen) atoms. The lowest BCUT2D eigenvalue weighted by molar-refractivity contribution is 0.600. The van der Waals surface area contributed by atoms with Crippen LogP contribution in [0.5, 0.6) is 0 Å². The zero-order valence-corrected chi connectivity index (χ0v) is 12.2. The molecule has 0 bridgehead atoms. The maximum Gasteiger partial charge on any atom is 0.166 e. The van der Waals surface area contributed by atoms with E-state index in [1.165, 1.54) is 12.1 Å². The van der Waals surface area contributed by atoms with Crippen LogP contribution in [-0.2, 0) is 13.1 Å². The van der Waals surface area contributed by atoms with Crippen LogP contribution in [0.3, 0.4) is 0 Å². The second-order valence-corrected chi connectivity index (χ2v) is 5.00. The number of thiocarbonyl (C=S) groups is 1. The van der Waals surface area contributed by atoms with Crippen molar-refractivity contribution in [3.63, 3.8) is 0 Å². The molecular weight excluding hydrogens is 299 g/mol. The Morgan fingerprint density at radius 2 is 2.05 bits per heavy atom. The first kappa shape index (κ1) is 14.7. The number of halogens is 2. The molecule has 1 heterocycles. The van der Waals surface area contributed by atoms with Crippen molar-refractivity contribution in [1.29, 1.82) is 0 Å². The van der Waals surface area contributed by atoms with Gasteiger partial charge in [0.15, 0.2) is 5.11 Å². The largest absolute Gasteiger partial charge is 0.361 e. The minimum atomic E-state index is -0.243. The highest BCUT2D eigenvalue weighted by Gasteiger charge is 1.98. The molecule has 1 aromatic heterocycles. The van der Waals surface area contributed by atoms with Crippen molar-refractivity contribution in [2.75, 3.05) is 6.54 Å². The monoisotopic (exact) mass is 312 g/mol. The predicted molar refractivity (Wildman–Crippen MR) is 81.1 cm³/mol. The first-order chi connectivity index (χ1) is 9.63. The fourth-order valence-corrected chi connectivity index (χ4v) is 1.92. The summed E-state index contributed by atoms with van der Waals surface area (Å²) in [6.45, 7) is 1.87. The van der Waals surface area contributed by atoms with Crippen LogP contribution in [0.4, 0.5) is 4.39 Å². The summed E-state index contributed by atoms with van der Waals surface area (Å²) in [6.07, 6.45) is 3.34. The lowest BCUT2D eigenvalue weighted by Gasteiger charge is -2.10. The third-order valence-corrected chi connectivity index (χ3v) is 3.08. The number of hydrogen-bond donors (Lipinski definition) is 2. The summed E-state index contributed by atoms with van der Waals surface area (Å²) in [5.74, 6) is -0.243. The molecule has 2 aromatic rings. The van der Waals surface area contributed by atoms with E-state index < -0.39 is 0 Å². The first-order valence-corrected chi connectivity index (χ1v) is 6.86. The number of rotatable bonds is 5. The van der Waals surface area contributed by atoms with Gasteiger partial charge in [0.2, 0.25) is 0 Å². The molecule has 0 aliphatic carbocycles. The highest BCUT2D eigenvalue weighted by atomic mass is 35.5. The molecule has 2 rings (SSSR count). The van der Waals surface area contributed by atoms with Crippen LogP contribution in [0.15, 0.2) is 36.7 Å². The number of benzene rings is 1. The van der Waals surface area contributed by atoms with E-state index in [2.05, 4.69) is 15.7 Å². The van der Waals surface area contributed by atoms with Crippen molar-refractivity contribution in [2.45, 2.75) is 13.1 Å². The van der Waals surface area contributed by atoms with E-state index in [-0.39, 0.29) is 5.82 Å². The molecule has 0 amide bonds. The van der Waals surface area contributed by atoms with E-state index in [1.807, 2.05) is 0 Å². The summed E-state index contributed by atoms with van der Waals surface area (Å²) in [5, 5.41) is 11.3. The Kier molecular flexibility index (Phi) is 5.31. The normalized spacial score (nSPS) is 10.3. The molecule has 0 aliphatic rings. The Morgan fingerprint density at radius 1 is 1.30 bits per heavy atom. The van der Waals surface area contributed by atoms with Gasteiger partial charge in [-0.15, -0.1) is 0 Å². The number of hydrogen-bond acceptors (Lipinski definition) is 2. The molecule has 0 radical (unpaired) electrons. The molecule has 0 spiro atoms. The molecule has 1 aromatic carbocycles. The Labute approximate surface area is 126 Å². The van der Waals surface area contributed by atoms with Crippen molar-refractivity contribution in [2.24, 2.45) is 0 Å². The van der Waals surface area contributed by atoms with E-state index in [0.29, 0.717) is 29.8 Å². The van der Waals surface area contributed by atoms with Gasteiger partial charge in [0.1, 0.15) is 5.82 Å². The standard InChI is InChI=1S/C13H14ClFN4S/c14-11-8-18-19(9-11)6-5-16-13(20)17-7-10-1-3-12(15)4-2-10/h1-4,8-9H,5-7H2,(H2,16,17,20). The zero-order valence-electron chi connectivity index (χ0n) is 10.6. The van der Waals surface area contributed by atoms with Crippen molar-refractivity contribution < 1.29 is 4.39 Å². The predicted octanol–water partition coefficient (Wildman–Crippen LogP) is 2.34. The van der Waals surface area contributed by atoms with Gasteiger partial charge in [-0.05, 0) is 29.9 Å². The summed E-state index contributed by atoms with van der Waals surface area (Å²) in [7, 11) is 0. The fourth-order valence-electron chi connectivity index (χ4n) is 1.59. The average molecular weight is 313 g/mol. The highest BCUT2D eigenvalue weighted by molar-refractivity contribution is 7.80. The smallest absolute Gasteiger partial charge is 0.166 e. The van der Waals surface area contributed by atoms with Crippen LogP contribution < -0.4 is 10.6 Å². The quantitative estimate of drug-likeness (QED) is 0.832. The molecular formula is C13H14ClFN4S. The lowest BCUT2D eigenvalue weighted by atomic mass is 10.2. The van der Waals surface area contributed by atoms with Gasteiger partial charge in [0.05, 0.1) is 17.8 Å². The van der Waals surface area contributed by atoms with Gasteiger partial charge < -0.3 is 10.6 Å². The second kappa shape index (κ2) is 7.21. The Balaban J connectivity index is 1.66. The molecule has 0 saturated heterocycles. The summed E-state index contributed by atoms with van der Waals surface area (Å²) >= 11 is 10.9. The molecule has 0 atom stereocenters. The van der Waals surface area contributed by atoms with Gasteiger partial charge in [-0.2, -0.15) is 5.10 Å². The Bertz CT molecular complexity index is 570. The molecule has 2 N–H and O–H groups in total. The highest BCUT2D eigenvalue weighted by Crippen LogP contribution is 2.04. The molecule has 106 valence electrons. The average Bonchev–Trinajstić information content (AvgIpc) is 2.84. The molecule has 0 fully saturated rings. The summed E-state index contributed by atoms with van der Waals surface area (Å²) < 4.78 is 14.5. The number of nitrogens with one attached hydrogen (secondary N) is 2. The Morgan fingerprint density at radius 3 is 2.70 bits per heavy atom. The van der Waals surface area contributed by atoms with Crippen molar-refractivity contribution in [1.82, 2.24) is 20.4 Å². The van der Waals surface area contributed by atoms with E-state index >= 15 is 0 Å². The molecule has 0 unspecified atom stereocenters. The minimum Gasteiger partial charge on any atom is -0.361 e. The summed E-state index contributed by atoms with van der Waals surface area (Å²) in [5.41, 5.74) is 0.967. The fraction of sp³-hybridized carbons (Fsp3) is 0.231. The zero-order chi connectivity index (χ0) is 14.4. The maximum absolute atomic E-state index is 12.7. The van der Waals surface area contributed by atoms with E-state index in [4.69, 9.17) is 23.8 Å². The van der Waals surface area contributed by atoms with Crippen LogP contribution in [-0.4, -0.2) is 21.4 Å². The van der Waals surface area contributed by atoms with E-state index in [1.54, 1.807) is 29.2 Å². The van der Waals surface area contributed by atoms with Gasteiger partial charge >= 0.3 is 0 Å². The summed E-state index contributed by atoms with van der Waals surface area (Å²) in [4.78, 5) is 0. The van der Waals surface area contributed by atoms with Crippen LogP contribution in [0.2, 0.25) is 5.02 Å². The summed E-state index contributed by atoms with van der Waals surface area (Å²) in [6, 6.07) is 6.29. The van der Waals surface area contributed by atoms with Crippen LogP contribution >= 0.6 is 23.8 Å². The number of aromatic nitrogens is 2. The third kappa shape index (κ3) is 4.79. The lowest BCUT2D eigenvalue weighted by Crippen LogP contribution is -2.36. The minimum absolute atomic E-state index is 0.243. The molecule has 0 saturated carbocycles. The van der Waals surface area contributed by atoms with Gasteiger partial charge in [-0.1, -0.05) is 23.7 Å². The van der Waals surface area contributed by atoms with Crippen molar-refractivity contribution in [3.8, 4) is 0 Å². The second-order valence-electron chi connectivity index (χ2n) is 4.16. The van der Waals surface area contributed by atoms with Crippen LogP contribution in [0.25, 0.3) is 0 Å². The van der Waals surface area contributed by atoms with Crippen molar-refractivity contribution in [3.05, 3.63) is 53.1 Å². The van der Waals surface area contributed by atoms with Crippen LogP contribution in [0.1, 0.15) is 5.56 Å².